The van der Waals surface area contributed by atoms with Crippen molar-refractivity contribution < 1.29 is 22.8 Å². The average Bonchev–Trinajstić information content (AvgIpc) is 3.38. The molecule has 0 bridgehead atoms. The predicted octanol–water partition coefficient (Wildman–Crippen LogP) is 5.61. The van der Waals surface area contributed by atoms with Crippen LogP contribution in [0.1, 0.15) is 42.2 Å². The normalized spacial score (nSPS) is 20.0. The van der Waals surface area contributed by atoms with Crippen LogP contribution in [-0.2, 0) is 15.8 Å². The number of carbonyl (C=O) groups is 2. The van der Waals surface area contributed by atoms with Gasteiger partial charge in [0.2, 0.25) is 11.8 Å². The maximum absolute atomic E-state index is 12.8. The van der Waals surface area contributed by atoms with Crippen LogP contribution in [0.15, 0.2) is 48.5 Å². The Hall–Kier alpha value is -2.48. The standard InChI is InChI=1S/C22H21F3N2O2S/c23-22(24,25)16-7-11-18(12-8-16)27-19(28)13-30-21(27)15-5-9-17(10-6-15)26-20(29)14-3-1-2-4-14/h5-12,14,21H,1-4,13H2,(H,26,29)/t21-/m1/s1. The Kier molecular flexibility index (Phi) is 5.77. The third-order valence-corrected chi connectivity index (χ3v) is 6.74. The second-order valence-corrected chi connectivity index (χ2v) is 8.63. The van der Waals surface area contributed by atoms with Crippen molar-refractivity contribution in [1.29, 1.82) is 0 Å². The van der Waals surface area contributed by atoms with Crippen LogP contribution in [0.5, 0.6) is 0 Å². The Labute approximate surface area is 176 Å². The highest BCUT2D eigenvalue weighted by molar-refractivity contribution is 8.00. The third-order valence-electron chi connectivity index (χ3n) is 5.53. The summed E-state index contributed by atoms with van der Waals surface area (Å²) in [4.78, 5) is 26.2. The summed E-state index contributed by atoms with van der Waals surface area (Å²) in [6.45, 7) is 0. The number of benzene rings is 2. The molecule has 0 radical (unpaired) electrons. The third kappa shape index (κ3) is 4.33. The molecule has 30 heavy (non-hydrogen) atoms. The van der Waals surface area contributed by atoms with Crippen molar-refractivity contribution in [2.75, 3.05) is 16.0 Å². The molecule has 158 valence electrons. The highest BCUT2D eigenvalue weighted by Gasteiger charge is 2.35. The molecule has 1 saturated heterocycles. The van der Waals surface area contributed by atoms with E-state index < -0.39 is 11.7 Å². The summed E-state index contributed by atoms with van der Waals surface area (Å²) in [5, 5.41) is 2.62. The molecule has 1 saturated carbocycles. The zero-order valence-electron chi connectivity index (χ0n) is 16.1. The van der Waals surface area contributed by atoms with E-state index >= 15 is 0 Å². The van der Waals surface area contributed by atoms with Crippen molar-refractivity contribution in [1.82, 2.24) is 0 Å². The Morgan fingerprint density at radius 2 is 1.63 bits per heavy atom. The number of nitrogens with zero attached hydrogens (tertiary/aromatic N) is 1. The fraction of sp³-hybridized carbons (Fsp3) is 0.364. The van der Waals surface area contributed by atoms with Crippen molar-refractivity contribution in [2.24, 2.45) is 5.92 Å². The van der Waals surface area contributed by atoms with Gasteiger partial charge in [-0.3, -0.25) is 14.5 Å². The molecule has 0 aromatic heterocycles. The van der Waals surface area contributed by atoms with E-state index in [1.165, 1.54) is 28.8 Å². The topological polar surface area (TPSA) is 49.4 Å². The second kappa shape index (κ2) is 8.34. The van der Waals surface area contributed by atoms with Gasteiger partial charge < -0.3 is 5.32 Å². The molecule has 0 spiro atoms. The molecule has 0 unspecified atom stereocenters. The first kappa shape index (κ1) is 20.8. The van der Waals surface area contributed by atoms with Crippen molar-refractivity contribution in [2.45, 2.75) is 37.2 Å². The zero-order valence-corrected chi connectivity index (χ0v) is 16.9. The van der Waals surface area contributed by atoms with Crippen LogP contribution in [0.4, 0.5) is 24.5 Å². The summed E-state index contributed by atoms with van der Waals surface area (Å²) in [7, 11) is 0. The first-order chi connectivity index (χ1) is 14.3. The van der Waals surface area contributed by atoms with Gasteiger partial charge in [-0.25, -0.2) is 0 Å². The lowest BCUT2D eigenvalue weighted by Crippen LogP contribution is -2.27. The van der Waals surface area contributed by atoms with E-state index in [1.807, 2.05) is 12.1 Å². The molecular weight excluding hydrogens is 413 g/mol. The molecule has 1 aliphatic carbocycles. The minimum absolute atomic E-state index is 0.0389. The number of nitrogens with one attached hydrogen (secondary N) is 1. The summed E-state index contributed by atoms with van der Waals surface area (Å²) in [5.74, 6) is 0.217. The zero-order chi connectivity index (χ0) is 21.3. The quantitative estimate of drug-likeness (QED) is 0.680. The summed E-state index contributed by atoms with van der Waals surface area (Å²) >= 11 is 1.42. The molecule has 4 rings (SSSR count). The van der Waals surface area contributed by atoms with Crippen LogP contribution in [0.3, 0.4) is 0 Å². The first-order valence-electron chi connectivity index (χ1n) is 9.85. The van der Waals surface area contributed by atoms with Gasteiger partial charge in [0, 0.05) is 17.3 Å². The number of halogens is 3. The summed E-state index contributed by atoms with van der Waals surface area (Å²) in [6, 6.07) is 11.9. The van der Waals surface area contributed by atoms with Gasteiger partial charge in [0.25, 0.3) is 0 Å². The molecule has 1 atom stereocenters. The lowest BCUT2D eigenvalue weighted by Gasteiger charge is -2.25. The van der Waals surface area contributed by atoms with Gasteiger partial charge in [0.1, 0.15) is 5.37 Å². The van der Waals surface area contributed by atoms with E-state index in [0.717, 1.165) is 43.4 Å². The van der Waals surface area contributed by atoms with Crippen molar-refractivity contribution in [3.05, 3.63) is 59.7 Å². The number of amides is 2. The van der Waals surface area contributed by atoms with Crippen LogP contribution < -0.4 is 10.2 Å². The van der Waals surface area contributed by atoms with E-state index in [-0.39, 0.29) is 28.9 Å². The number of hydrogen-bond donors (Lipinski definition) is 1. The highest BCUT2D eigenvalue weighted by Crippen LogP contribution is 2.42. The van der Waals surface area contributed by atoms with Crippen LogP contribution >= 0.6 is 11.8 Å². The maximum atomic E-state index is 12.8. The van der Waals surface area contributed by atoms with E-state index in [1.54, 1.807) is 12.1 Å². The van der Waals surface area contributed by atoms with E-state index in [4.69, 9.17) is 0 Å². The molecule has 1 heterocycles. The Morgan fingerprint density at radius 1 is 1.00 bits per heavy atom. The Bertz CT molecular complexity index is 923. The lowest BCUT2D eigenvalue weighted by molar-refractivity contribution is -0.137. The fourth-order valence-corrected chi connectivity index (χ4v) is 5.10. The number of alkyl halides is 3. The highest BCUT2D eigenvalue weighted by atomic mass is 32.2. The molecule has 8 heteroatoms. The fourth-order valence-electron chi connectivity index (χ4n) is 3.92. The molecule has 2 aliphatic rings. The monoisotopic (exact) mass is 434 g/mol. The van der Waals surface area contributed by atoms with Gasteiger partial charge in [0.15, 0.2) is 0 Å². The van der Waals surface area contributed by atoms with Crippen molar-refractivity contribution in [3.8, 4) is 0 Å². The summed E-state index contributed by atoms with van der Waals surface area (Å²) < 4.78 is 38.5. The Morgan fingerprint density at radius 3 is 2.23 bits per heavy atom. The molecule has 4 nitrogen and oxygen atoms in total. The summed E-state index contributed by atoms with van der Waals surface area (Å²) in [6.07, 6.45) is -0.395. The van der Waals surface area contributed by atoms with Crippen molar-refractivity contribution >= 4 is 35.0 Å². The van der Waals surface area contributed by atoms with Gasteiger partial charge in [0.05, 0.1) is 11.3 Å². The summed E-state index contributed by atoms with van der Waals surface area (Å²) in [5.41, 5.74) is 1.24. The number of rotatable bonds is 4. The molecule has 2 fully saturated rings. The number of thioether (sulfide) groups is 1. The number of carbonyl (C=O) groups excluding carboxylic acids is 2. The van der Waals surface area contributed by atoms with E-state index in [2.05, 4.69) is 5.32 Å². The minimum atomic E-state index is -4.42. The number of anilines is 2. The van der Waals surface area contributed by atoms with Gasteiger partial charge in [-0.15, -0.1) is 11.8 Å². The molecule has 1 N–H and O–H groups in total. The molecule has 2 aromatic rings. The van der Waals surface area contributed by atoms with Gasteiger partial charge in [-0.05, 0) is 54.8 Å². The molecular formula is C22H21F3N2O2S. The van der Waals surface area contributed by atoms with E-state index in [0.29, 0.717) is 11.4 Å². The molecule has 1 aliphatic heterocycles. The largest absolute Gasteiger partial charge is 0.416 e. The van der Waals surface area contributed by atoms with Crippen LogP contribution in [0.25, 0.3) is 0 Å². The first-order valence-corrected chi connectivity index (χ1v) is 10.9. The Balaban J connectivity index is 1.49. The van der Waals surface area contributed by atoms with E-state index in [9.17, 15) is 22.8 Å². The molecule has 2 aromatic carbocycles. The smallest absolute Gasteiger partial charge is 0.326 e. The second-order valence-electron chi connectivity index (χ2n) is 7.56. The lowest BCUT2D eigenvalue weighted by atomic mass is 10.1. The average molecular weight is 434 g/mol. The maximum Gasteiger partial charge on any atom is 0.416 e. The SMILES string of the molecule is O=C(Nc1ccc([C@H]2SCC(=O)N2c2ccc(C(F)(F)F)cc2)cc1)C1CCCC1. The van der Waals surface area contributed by atoms with Gasteiger partial charge >= 0.3 is 6.18 Å². The number of hydrogen-bond acceptors (Lipinski definition) is 3. The minimum Gasteiger partial charge on any atom is -0.326 e. The van der Waals surface area contributed by atoms with Crippen LogP contribution in [0, 0.1) is 5.92 Å². The van der Waals surface area contributed by atoms with Crippen molar-refractivity contribution in [3.63, 3.8) is 0 Å². The van der Waals surface area contributed by atoms with Gasteiger partial charge in [-0.1, -0.05) is 25.0 Å². The van der Waals surface area contributed by atoms with Crippen LogP contribution in [-0.4, -0.2) is 17.6 Å². The van der Waals surface area contributed by atoms with Crippen LogP contribution in [0.2, 0.25) is 0 Å². The van der Waals surface area contributed by atoms with Gasteiger partial charge in [-0.2, -0.15) is 13.2 Å². The molecule has 2 amide bonds. The predicted molar refractivity (Wildman–Crippen MR) is 111 cm³/mol.